The molecule has 6 heteroatoms. The maximum Gasteiger partial charge on any atom is 0.234 e. The van der Waals surface area contributed by atoms with Crippen LogP contribution in [0.2, 0.25) is 0 Å². The number of rotatable bonds is 3. The number of hydrogen-bond acceptors (Lipinski definition) is 4. The van der Waals surface area contributed by atoms with Gasteiger partial charge >= 0.3 is 0 Å². The number of hydrogen-bond donors (Lipinski definition) is 1. The number of amides is 1. The van der Waals surface area contributed by atoms with Gasteiger partial charge in [-0.25, -0.2) is 0 Å². The molecular formula is C18H22N4OS. The van der Waals surface area contributed by atoms with E-state index in [1.807, 2.05) is 19.1 Å². The number of nitrogens with zero attached hydrogens (tertiary/aromatic N) is 3. The fourth-order valence-electron chi connectivity index (χ4n) is 3.53. The summed E-state index contributed by atoms with van der Waals surface area (Å²) < 4.78 is 2.20. The Morgan fingerprint density at radius 3 is 3.04 bits per heavy atom. The van der Waals surface area contributed by atoms with E-state index >= 15 is 0 Å². The van der Waals surface area contributed by atoms with Gasteiger partial charge in [0.15, 0.2) is 5.82 Å². The highest BCUT2D eigenvalue weighted by atomic mass is 32.2. The third-order valence-electron chi connectivity index (χ3n) is 4.82. The predicted octanol–water partition coefficient (Wildman–Crippen LogP) is 2.90. The van der Waals surface area contributed by atoms with Crippen LogP contribution in [0.5, 0.6) is 0 Å². The van der Waals surface area contributed by atoms with Crippen molar-refractivity contribution in [2.45, 2.75) is 61.8 Å². The monoisotopic (exact) mass is 342 g/mol. The zero-order valence-corrected chi connectivity index (χ0v) is 14.7. The molecule has 4 rings (SSSR count). The number of thioether (sulfide) groups is 1. The Kier molecular flexibility index (Phi) is 4.31. The lowest BCUT2D eigenvalue weighted by atomic mass is 10.1. The van der Waals surface area contributed by atoms with E-state index in [0.717, 1.165) is 37.5 Å². The molecule has 0 saturated heterocycles. The molecule has 2 atom stereocenters. The summed E-state index contributed by atoms with van der Waals surface area (Å²) in [5, 5.41) is 11.8. The summed E-state index contributed by atoms with van der Waals surface area (Å²) in [6.45, 7) is 2.97. The van der Waals surface area contributed by atoms with E-state index in [4.69, 9.17) is 0 Å². The average Bonchev–Trinajstić information content (AvgIpc) is 3.12. The molecule has 0 aliphatic carbocycles. The fraction of sp³-hybridized carbons (Fsp3) is 0.500. The number of nitrogens with one attached hydrogen (secondary N) is 1. The van der Waals surface area contributed by atoms with Crippen molar-refractivity contribution in [3.63, 3.8) is 0 Å². The summed E-state index contributed by atoms with van der Waals surface area (Å²) in [5.74, 6) is 2.04. The SMILES string of the molecule is CC(NC(=O)C1Cc2ccccc2S1)c1nnc2n1CCCCC2. The number of fused-ring (bicyclic) bond motifs is 2. The van der Waals surface area contributed by atoms with Crippen molar-refractivity contribution in [1.82, 2.24) is 20.1 Å². The van der Waals surface area contributed by atoms with Gasteiger partial charge in [0.25, 0.3) is 0 Å². The lowest BCUT2D eigenvalue weighted by Gasteiger charge is -2.17. The molecule has 5 nitrogen and oxygen atoms in total. The molecule has 1 amide bonds. The molecule has 3 heterocycles. The Morgan fingerprint density at radius 2 is 2.17 bits per heavy atom. The van der Waals surface area contributed by atoms with Gasteiger partial charge in [-0.05, 0) is 37.8 Å². The second kappa shape index (κ2) is 6.59. The van der Waals surface area contributed by atoms with Crippen LogP contribution < -0.4 is 5.32 Å². The molecule has 1 N–H and O–H groups in total. The number of aromatic nitrogens is 3. The largest absolute Gasteiger partial charge is 0.345 e. The summed E-state index contributed by atoms with van der Waals surface area (Å²) >= 11 is 1.66. The lowest BCUT2D eigenvalue weighted by molar-refractivity contribution is -0.121. The highest BCUT2D eigenvalue weighted by molar-refractivity contribution is 8.01. The van der Waals surface area contributed by atoms with Crippen LogP contribution in [-0.4, -0.2) is 25.9 Å². The molecule has 0 bridgehead atoms. The van der Waals surface area contributed by atoms with Gasteiger partial charge in [-0.2, -0.15) is 0 Å². The van der Waals surface area contributed by atoms with Crippen LogP contribution in [0, 0.1) is 0 Å². The summed E-state index contributed by atoms with van der Waals surface area (Å²) in [4.78, 5) is 13.9. The van der Waals surface area contributed by atoms with Crippen LogP contribution in [0.25, 0.3) is 0 Å². The van der Waals surface area contributed by atoms with Crippen LogP contribution in [0.1, 0.15) is 49.4 Å². The first-order valence-electron chi connectivity index (χ1n) is 8.69. The van der Waals surface area contributed by atoms with E-state index in [2.05, 4.69) is 32.2 Å². The second-order valence-electron chi connectivity index (χ2n) is 6.59. The van der Waals surface area contributed by atoms with Gasteiger partial charge in [0.1, 0.15) is 5.82 Å². The molecule has 2 aromatic rings. The predicted molar refractivity (Wildman–Crippen MR) is 93.9 cm³/mol. The number of carbonyl (C=O) groups excluding carboxylic acids is 1. The second-order valence-corrected chi connectivity index (χ2v) is 7.83. The van der Waals surface area contributed by atoms with Crippen molar-refractivity contribution in [2.24, 2.45) is 0 Å². The van der Waals surface area contributed by atoms with E-state index < -0.39 is 0 Å². The van der Waals surface area contributed by atoms with Gasteiger partial charge in [-0.1, -0.05) is 24.6 Å². The van der Waals surface area contributed by atoms with Crippen molar-refractivity contribution in [3.8, 4) is 0 Å². The van der Waals surface area contributed by atoms with Gasteiger partial charge in [-0.15, -0.1) is 22.0 Å². The van der Waals surface area contributed by atoms with E-state index in [-0.39, 0.29) is 17.2 Å². The molecule has 2 aliphatic heterocycles. The standard InChI is InChI=1S/C18H22N4OS/c1-12(17-21-20-16-9-3-2-6-10-22(16)17)19-18(23)15-11-13-7-4-5-8-14(13)24-15/h4-5,7-8,12,15H,2-3,6,9-11H2,1H3,(H,19,23). The molecular weight excluding hydrogens is 320 g/mol. The summed E-state index contributed by atoms with van der Waals surface area (Å²) in [5.41, 5.74) is 1.27. The molecule has 0 spiro atoms. The maximum absolute atomic E-state index is 12.7. The van der Waals surface area contributed by atoms with Crippen molar-refractivity contribution in [1.29, 1.82) is 0 Å². The molecule has 0 saturated carbocycles. The molecule has 126 valence electrons. The lowest BCUT2D eigenvalue weighted by Crippen LogP contribution is -2.35. The Bertz CT molecular complexity index is 732. The smallest absolute Gasteiger partial charge is 0.234 e. The maximum atomic E-state index is 12.7. The highest BCUT2D eigenvalue weighted by Crippen LogP contribution is 2.37. The van der Waals surface area contributed by atoms with E-state index in [0.29, 0.717) is 0 Å². The van der Waals surface area contributed by atoms with Gasteiger partial charge in [-0.3, -0.25) is 4.79 Å². The third kappa shape index (κ3) is 2.95. The van der Waals surface area contributed by atoms with Crippen molar-refractivity contribution in [3.05, 3.63) is 41.5 Å². The minimum atomic E-state index is -0.110. The molecule has 1 aromatic heterocycles. The third-order valence-corrected chi connectivity index (χ3v) is 6.14. The van der Waals surface area contributed by atoms with Crippen LogP contribution in [0.4, 0.5) is 0 Å². The first kappa shape index (κ1) is 15.7. The van der Waals surface area contributed by atoms with Crippen LogP contribution in [0.3, 0.4) is 0 Å². The fourth-order valence-corrected chi connectivity index (χ4v) is 4.73. The minimum Gasteiger partial charge on any atom is -0.345 e. The Morgan fingerprint density at radius 1 is 1.29 bits per heavy atom. The van der Waals surface area contributed by atoms with Crippen molar-refractivity contribution >= 4 is 17.7 Å². The number of carbonyl (C=O) groups is 1. The molecule has 1 aromatic carbocycles. The van der Waals surface area contributed by atoms with Gasteiger partial charge < -0.3 is 9.88 Å². The molecule has 2 unspecified atom stereocenters. The van der Waals surface area contributed by atoms with Gasteiger partial charge in [0.05, 0.1) is 11.3 Å². The first-order chi connectivity index (χ1) is 11.7. The average molecular weight is 342 g/mol. The van der Waals surface area contributed by atoms with Crippen LogP contribution >= 0.6 is 11.8 Å². The number of aryl methyl sites for hydroxylation is 1. The van der Waals surface area contributed by atoms with Gasteiger partial charge in [0.2, 0.25) is 5.91 Å². The Hall–Kier alpha value is -1.82. The van der Waals surface area contributed by atoms with Crippen molar-refractivity contribution in [2.75, 3.05) is 0 Å². The minimum absolute atomic E-state index is 0.0450. The highest BCUT2D eigenvalue weighted by Gasteiger charge is 2.30. The Labute approximate surface area is 146 Å². The van der Waals surface area contributed by atoms with Crippen LogP contribution in [0.15, 0.2) is 29.2 Å². The molecule has 2 aliphatic rings. The van der Waals surface area contributed by atoms with Gasteiger partial charge in [0, 0.05) is 17.9 Å². The normalized spacial score (nSPS) is 20.8. The van der Waals surface area contributed by atoms with E-state index in [9.17, 15) is 4.79 Å². The first-order valence-corrected chi connectivity index (χ1v) is 9.57. The van der Waals surface area contributed by atoms with E-state index in [1.165, 1.54) is 23.3 Å². The van der Waals surface area contributed by atoms with Crippen LogP contribution in [-0.2, 0) is 24.2 Å². The van der Waals surface area contributed by atoms with Crippen molar-refractivity contribution < 1.29 is 4.79 Å². The van der Waals surface area contributed by atoms with E-state index in [1.54, 1.807) is 11.8 Å². The summed E-state index contributed by atoms with van der Waals surface area (Å²) in [7, 11) is 0. The zero-order chi connectivity index (χ0) is 16.5. The zero-order valence-electron chi connectivity index (χ0n) is 13.9. The quantitative estimate of drug-likeness (QED) is 0.932. The topological polar surface area (TPSA) is 59.8 Å². The summed E-state index contributed by atoms with van der Waals surface area (Å²) in [6.07, 6.45) is 5.36. The molecule has 0 fully saturated rings. The Balaban J connectivity index is 1.44. The summed E-state index contributed by atoms with van der Waals surface area (Å²) in [6, 6.07) is 8.15. The molecule has 0 radical (unpaired) electrons. The number of benzene rings is 1. The molecule has 24 heavy (non-hydrogen) atoms.